The second-order valence-electron chi connectivity index (χ2n) is 8.59. The molecule has 0 spiro atoms. The molecule has 2 aliphatic rings. The third-order valence-electron chi connectivity index (χ3n) is 6.56. The van der Waals surface area contributed by atoms with Crippen LogP contribution in [0.15, 0.2) is 60.4 Å². The Morgan fingerprint density at radius 1 is 0.967 bits per heavy atom. The minimum absolute atomic E-state index is 0.338. The predicted octanol–water partition coefficient (Wildman–Crippen LogP) is 4.59. The van der Waals surface area contributed by atoms with Crippen molar-refractivity contribution in [1.82, 2.24) is 14.5 Å². The van der Waals surface area contributed by atoms with Crippen molar-refractivity contribution in [3.05, 3.63) is 88.5 Å². The van der Waals surface area contributed by atoms with Gasteiger partial charge in [0.1, 0.15) is 11.6 Å². The number of aryl methyl sites for hydroxylation is 3. The summed E-state index contributed by atoms with van der Waals surface area (Å²) >= 11 is 0. The maximum atomic E-state index is 9.46. The van der Waals surface area contributed by atoms with Crippen molar-refractivity contribution < 1.29 is 5.11 Å². The zero-order valence-corrected chi connectivity index (χ0v) is 17.6. The molecule has 4 nitrogen and oxygen atoms in total. The Morgan fingerprint density at radius 3 is 2.57 bits per heavy atom. The van der Waals surface area contributed by atoms with Crippen molar-refractivity contribution in [2.24, 2.45) is 0 Å². The van der Waals surface area contributed by atoms with E-state index in [4.69, 9.17) is 4.98 Å². The number of nitrogens with zero attached hydrogens (tertiary/aromatic N) is 3. The Balaban J connectivity index is 1.37. The molecule has 154 valence electrons. The number of piperidine rings is 1. The second-order valence-corrected chi connectivity index (χ2v) is 8.59. The number of likely N-dealkylation sites (tertiary alicyclic amines) is 1. The standard InChI is InChI=1S/C26H29N3O/c1-19-2-7-24-22(18-19)11-16-29-17-12-27-26(29)25(24)21-9-14-28(15-10-21)13-8-20-3-5-23(30)6-4-20/h2-7,12,17-18,30H,8-11,13-16H2,1H3. The Hall–Kier alpha value is -2.85. The van der Waals surface area contributed by atoms with Crippen LogP contribution in [0.2, 0.25) is 0 Å². The van der Waals surface area contributed by atoms with Crippen LogP contribution in [0.3, 0.4) is 0 Å². The van der Waals surface area contributed by atoms with Crippen molar-refractivity contribution in [3.8, 4) is 5.75 Å². The molecule has 1 saturated heterocycles. The molecule has 2 aromatic carbocycles. The molecular formula is C26H29N3O. The summed E-state index contributed by atoms with van der Waals surface area (Å²) < 4.78 is 2.33. The van der Waals surface area contributed by atoms with Gasteiger partial charge in [0.25, 0.3) is 0 Å². The van der Waals surface area contributed by atoms with Crippen LogP contribution in [-0.2, 0) is 19.4 Å². The SMILES string of the molecule is Cc1ccc2c(c1)CCn1ccnc1C2=C1CCN(CCc2ccc(O)cc2)CC1. The van der Waals surface area contributed by atoms with E-state index in [1.165, 1.54) is 27.8 Å². The molecule has 1 fully saturated rings. The van der Waals surface area contributed by atoms with E-state index < -0.39 is 0 Å². The fourth-order valence-corrected chi connectivity index (χ4v) is 4.85. The number of benzene rings is 2. The van der Waals surface area contributed by atoms with Crippen LogP contribution in [0.5, 0.6) is 5.75 Å². The van der Waals surface area contributed by atoms with Gasteiger partial charge in [0, 0.05) is 44.1 Å². The molecule has 0 aliphatic carbocycles. The van der Waals surface area contributed by atoms with Crippen molar-refractivity contribution >= 4 is 5.57 Å². The molecule has 30 heavy (non-hydrogen) atoms. The van der Waals surface area contributed by atoms with Crippen LogP contribution in [0, 0.1) is 6.92 Å². The number of imidazole rings is 1. The molecule has 4 heteroatoms. The lowest BCUT2D eigenvalue weighted by Crippen LogP contribution is -2.33. The molecule has 3 heterocycles. The molecule has 0 unspecified atom stereocenters. The molecule has 0 atom stereocenters. The molecule has 3 aromatic rings. The van der Waals surface area contributed by atoms with Gasteiger partial charge in [-0.15, -0.1) is 0 Å². The van der Waals surface area contributed by atoms with E-state index in [9.17, 15) is 5.11 Å². The normalized spacial score (nSPS) is 16.8. The zero-order valence-electron chi connectivity index (χ0n) is 17.6. The summed E-state index contributed by atoms with van der Waals surface area (Å²) in [5.74, 6) is 1.48. The fraction of sp³-hybridized carbons (Fsp3) is 0.346. The molecule has 1 N–H and O–H groups in total. The fourth-order valence-electron chi connectivity index (χ4n) is 4.85. The molecule has 2 aliphatic heterocycles. The highest BCUT2D eigenvalue weighted by Crippen LogP contribution is 2.36. The lowest BCUT2D eigenvalue weighted by Gasteiger charge is -2.30. The van der Waals surface area contributed by atoms with Crippen molar-refractivity contribution in [2.75, 3.05) is 19.6 Å². The van der Waals surface area contributed by atoms with Gasteiger partial charge in [-0.25, -0.2) is 4.98 Å². The number of hydrogen-bond donors (Lipinski definition) is 1. The number of aromatic nitrogens is 2. The summed E-state index contributed by atoms with van der Waals surface area (Å²) in [4.78, 5) is 7.33. The minimum atomic E-state index is 0.338. The van der Waals surface area contributed by atoms with Gasteiger partial charge in [-0.05, 0) is 61.4 Å². The highest BCUT2D eigenvalue weighted by atomic mass is 16.3. The number of phenols is 1. The number of hydrogen-bond acceptors (Lipinski definition) is 3. The first-order valence-corrected chi connectivity index (χ1v) is 11.0. The van der Waals surface area contributed by atoms with Gasteiger partial charge in [-0.3, -0.25) is 0 Å². The van der Waals surface area contributed by atoms with Crippen LogP contribution < -0.4 is 0 Å². The van der Waals surface area contributed by atoms with Crippen LogP contribution in [0.4, 0.5) is 0 Å². The monoisotopic (exact) mass is 399 g/mol. The van der Waals surface area contributed by atoms with Crippen molar-refractivity contribution in [1.29, 1.82) is 0 Å². The molecule has 1 aromatic heterocycles. The van der Waals surface area contributed by atoms with Crippen LogP contribution in [0.1, 0.15) is 40.9 Å². The van der Waals surface area contributed by atoms with Crippen LogP contribution in [0.25, 0.3) is 5.57 Å². The van der Waals surface area contributed by atoms with Crippen molar-refractivity contribution in [2.45, 2.75) is 39.2 Å². The van der Waals surface area contributed by atoms with E-state index in [2.05, 4.69) is 40.8 Å². The number of rotatable bonds is 3. The van der Waals surface area contributed by atoms with E-state index in [-0.39, 0.29) is 0 Å². The van der Waals surface area contributed by atoms with Crippen LogP contribution >= 0.6 is 0 Å². The lowest BCUT2D eigenvalue weighted by molar-refractivity contribution is 0.260. The highest BCUT2D eigenvalue weighted by molar-refractivity contribution is 5.81. The minimum Gasteiger partial charge on any atom is -0.508 e. The lowest BCUT2D eigenvalue weighted by atomic mass is 9.89. The average molecular weight is 400 g/mol. The summed E-state index contributed by atoms with van der Waals surface area (Å²) in [7, 11) is 0. The second kappa shape index (κ2) is 8.11. The third kappa shape index (κ3) is 3.80. The first kappa shape index (κ1) is 19.1. The van der Waals surface area contributed by atoms with Gasteiger partial charge in [0.15, 0.2) is 0 Å². The summed E-state index contributed by atoms with van der Waals surface area (Å²) in [6, 6.07) is 14.5. The van der Waals surface area contributed by atoms with Crippen molar-refractivity contribution in [3.63, 3.8) is 0 Å². The third-order valence-corrected chi connectivity index (χ3v) is 6.56. The topological polar surface area (TPSA) is 41.3 Å². The Bertz CT molecular complexity index is 1070. The highest BCUT2D eigenvalue weighted by Gasteiger charge is 2.25. The summed E-state index contributed by atoms with van der Waals surface area (Å²) in [5.41, 5.74) is 8.39. The largest absolute Gasteiger partial charge is 0.508 e. The smallest absolute Gasteiger partial charge is 0.140 e. The van der Waals surface area contributed by atoms with E-state index in [1.807, 2.05) is 18.3 Å². The Labute approximate surface area is 178 Å². The molecule has 0 bridgehead atoms. The van der Waals surface area contributed by atoms with E-state index in [1.54, 1.807) is 17.7 Å². The van der Waals surface area contributed by atoms with Gasteiger partial charge in [0.2, 0.25) is 0 Å². The molecular weight excluding hydrogens is 370 g/mol. The maximum absolute atomic E-state index is 9.46. The molecule has 0 radical (unpaired) electrons. The van der Waals surface area contributed by atoms with Crippen LogP contribution in [-0.4, -0.2) is 39.2 Å². The Kier molecular flexibility index (Phi) is 5.17. The zero-order chi connectivity index (χ0) is 20.5. The molecule has 0 amide bonds. The van der Waals surface area contributed by atoms with E-state index in [0.717, 1.165) is 57.7 Å². The maximum Gasteiger partial charge on any atom is 0.140 e. The molecule has 0 saturated carbocycles. The first-order chi connectivity index (χ1) is 14.7. The van der Waals surface area contributed by atoms with E-state index in [0.29, 0.717) is 5.75 Å². The predicted molar refractivity (Wildman–Crippen MR) is 121 cm³/mol. The van der Waals surface area contributed by atoms with E-state index >= 15 is 0 Å². The first-order valence-electron chi connectivity index (χ1n) is 11.0. The number of phenolic OH excluding ortho intramolecular Hbond substituents is 1. The van der Waals surface area contributed by atoms with Gasteiger partial charge < -0.3 is 14.6 Å². The van der Waals surface area contributed by atoms with Gasteiger partial charge in [-0.2, -0.15) is 0 Å². The summed E-state index contributed by atoms with van der Waals surface area (Å²) in [6.07, 6.45) is 8.37. The summed E-state index contributed by atoms with van der Waals surface area (Å²) in [5, 5.41) is 9.46. The van der Waals surface area contributed by atoms with Gasteiger partial charge in [-0.1, -0.05) is 41.5 Å². The van der Waals surface area contributed by atoms with Gasteiger partial charge in [0.05, 0.1) is 0 Å². The quantitative estimate of drug-likeness (QED) is 0.700. The number of aromatic hydroxyl groups is 1. The van der Waals surface area contributed by atoms with Gasteiger partial charge >= 0.3 is 0 Å². The average Bonchev–Trinajstić information content (AvgIpc) is 3.16. The number of fused-ring (bicyclic) bond motifs is 2. The molecule has 5 rings (SSSR count). The summed E-state index contributed by atoms with van der Waals surface area (Å²) in [6.45, 7) is 6.44. The Morgan fingerprint density at radius 2 is 1.77 bits per heavy atom.